The summed E-state index contributed by atoms with van der Waals surface area (Å²) in [5.41, 5.74) is -1.57. The Labute approximate surface area is 128 Å². The summed E-state index contributed by atoms with van der Waals surface area (Å²) in [5, 5.41) is 9.66. The molecule has 2 rings (SSSR count). The van der Waals surface area contributed by atoms with Crippen LogP contribution < -0.4 is 0 Å². The maximum atomic E-state index is 12.7. The van der Waals surface area contributed by atoms with Gasteiger partial charge < -0.3 is 14.7 Å². The zero-order valence-electron chi connectivity index (χ0n) is 12.4. The third-order valence-electron chi connectivity index (χ3n) is 3.86. The lowest BCUT2D eigenvalue weighted by molar-refractivity contribution is -0.172. The first-order chi connectivity index (χ1) is 10.5. The van der Waals surface area contributed by atoms with Crippen LogP contribution in [0.5, 0.6) is 0 Å². The minimum Gasteiger partial charge on any atom is -0.479 e. The van der Waals surface area contributed by atoms with Crippen LogP contribution >= 0.6 is 0 Å². The summed E-state index contributed by atoms with van der Waals surface area (Å²) in [6.07, 6.45) is 1.29. The summed E-state index contributed by atoms with van der Waals surface area (Å²) in [4.78, 5) is 38.0. The van der Waals surface area contributed by atoms with Crippen LogP contribution in [-0.2, 0) is 14.3 Å². The molecule has 0 radical (unpaired) electrons. The molecule has 6 heteroatoms. The van der Waals surface area contributed by atoms with Crippen molar-refractivity contribution in [3.8, 4) is 0 Å². The molecule has 0 aliphatic carbocycles. The molecule has 1 atom stereocenters. The largest absolute Gasteiger partial charge is 0.479 e. The van der Waals surface area contributed by atoms with Crippen molar-refractivity contribution in [1.82, 2.24) is 4.90 Å². The molecule has 0 spiro atoms. The van der Waals surface area contributed by atoms with Crippen LogP contribution in [-0.4, -0.2) is 46.5 Å². The Balaban J connectivity index is 2.43. The van der Waals surface area contributed by atoms with Gasteiger partial charge in [-0.25, -0.2) is 9.59 Å². The van der Waals surface area contributed by atoms with Crippen molar-refractivity contribution in [1.29, 1.82) is 0 Å². The first-order valence-electron chi connectivity index (χ1n) is 7.31. The van der Waals surface area contributed by atoms with Gasteiger partial charge in [-0.2, -0.15) is 0 Å². The number of carboxylic acid groups (broad SMARTS) is 1. The quantitative estimate of drug-likeness (QED) is 0.676. The van der Waals surface area contributed by atoms with Gasteiger partial charge in [-0.05, 0) is 38.3 Å². The minimum atomic E-state index is -1.93. The Hall–Kier alpha value is -2.37. The van der Waals surface area contributed by atoms with Crippen molar-refractivity contribution in [2.45, 2.75) is 31.7 Å². The SMILES string of the molecule is CCOC(=O)[C@]1(C(=O)O)CCCCN1C(=O)c1ccccc1. The summed E-state index contributed by atoms with van der Waals surface area (Å²) >= 11 is 0. The number of carbonyl (C=O) groups excluding carboxylic acids is 2. The Kier molecular flexibility index (Phi) is 4.80. The molecule has 1 aromatic carbocycles. The number of ether oxygens (including phenoxy) is 1. The summed E-state index contributed by atoms with van der Waals surface area (Å²) in [5.74, 6) is -2.67. The van der Waals surface area contributed by atoms with E-state index in [9.17, 15) is 19.5 Å². The third kappa shape index (κ3) is 2.68. The van der Waals surface area contributed by atoms with Crippen LogP contribution in [0.2, 0.25) is 0 Å². The van der Waals surface area contributed by atoms with Gasteiger partial charge in [0.1, 0.15) is 0 Å². The number of likely N-dealkylation sites (tertiary alicyclic amines) is 1. The van der Waals surface area contributed by atoms with Crippen molar-refractivity contribution in [2.24, 2.45) is 0 Å². The molecule has 0 unspecified atom stereocenters. The van der Waals surface area contributed by atoms with E-state index in [4.69, 9.17) is 4.74 Å². The second-order valence-corrected chi connectivity index (χ2v) is 5.17. The molecule has 1 amide bonds. The highest BCUT2D eigenvalue weighted by Gasteiger charge is 2.55. The number of hydrogen-bond acceptors (Lipinski definition) is 4. The molecule has 1 saturated heterocycles. The van der Waals surface area contributed by atoms with Crippen molar-refractivity contribution < 1.29 is 24.2 Å². The van der Waals surface area contributed by atoms with Gasteiger partial charge in [0.05, 0.1) is 6.61 Å². The number of hydrogen-bond donors (Lipinski definition) is 1. The molecule has 0 bridgehead atoms. The van der Waals surface area contributed by atoms with Crippen molar-refractivity contribution >= 4 is 17.8 Å². The lowest BCUT2D eigenvalue weighted by Crippen LogP contribution is -2.64. The highest BCUT2D eigenvalue weighted by molar-refractivity contribution is 6.09. The van der Waals surface area contributed by atoms with Crippen LogP contribution in [0.1, 0.15) is 36.5 Å². The summed E-state index contributed by atoms with van der Waals surface area (Å²) < 4.78 is 4.95. The van der Waals surface area contributed by atoms with E-state index in [0.29, 0.717) is 18.4 Å². The van der Waals surface area contributed by atoms with E-state index in [1.54, 1.807) is 37.3 Å². The number of benzene rings is 1. The second kappa shape index (κ2) is 6.60. The normalized spacial score (nSPS) is 21.2. The van der Waals surface area contributed by atoms with Crippen LogP contribution in [0.3, 0.4) is 0 Å². The van der Waals surface area contributed by atoms with Gasteiger partial charge in [0.25, 0.3) is 5.91 Å². The molecule has 1 aliphatic heterocycles. The summed E-state index contributed by atoms with van der Waals surface area (Å²) in [6.45, 7) is 1.90. The Morgan fingerprint density at radius 1 is 1.23 bits per heavy atom. The molecule has 22 heavy (non-hydrogen) atoms. The van der Waals surface area contributed by atoms with Gasteiger partial charge in [0, 0.05) is 12.1 Å². The number of carboxylic acids is 1. The predicted molar refractivity (Wildman–Crippen MR) is 78.3 cm³/mol. The second-order valence-electron chi connectivity index (χ2n) is 5.17. The van der Waals surface area contributed by atoms with Crippen molar-refractivity contribution in [3.63, 3.8) is 0 Å². The standard InChI is InChI=1S/C16H19NO5/c1-2-22-15(21)16(14(19)20)10-6-7-11-17(16)13(18)12-8-4-3-5-9-12/h3-5,8-9H,2,6-7,10-11H2,1H3,(H,19,20)/t16-/m1/s1. The number of nitrogens with zero attached hydrogens (tertiary/aromatic N) is 1. The number of piperidine rings is 1. The zero-order valence-corrected chi connectivity index (χ0v) is 12.4. The maximum Gasteiger partial charge on any atom is 0.343 e. The van der Waals surface area contributed by atoms with Crippen molar-refractivity contribution in [2.75, 3.05) is 13.2 Å². The lowest BCUT2D eigenvalue weighted by Gasteiger charge is -2.41. The van der Waals surface area contributed by atoms with Gasteiger partial charge in [-0.15, -0.1) is 0 Å². The average Bonchev–Trinajstić information content (AvgIpc) is 2.54. The molecule has 1 aliphatic rings. The van der Waals surface area contributed by atoms with E-state index in [1.807, 2.05) is 0 Å². The maximum absolute atomic E-state index is 12.7. The Bertz CT molecular complexity index is 571. The number of aliphatic carboxylic acids is 1. The van der Waals surface area contributed by atoms with Crippen LogP contribution in [0.4, 0.5) is 0 Å². The predicted octanol–water partition coefficient (Wildman–Crippen LogP) is 1.70. The molecular weight excluding hydrogens is 286 g/mol. The van der Waals surface area contributed by atoms with Crippen molar-refractivity contribution in [3.05, 3.63) is 35.9 Å². The van der Waals surface area contributed by atoms with E-state index < -0.39 is 23.4 Å². The van der Waals surface area contributed by atoms with E-state index in [2.05, 4.69) is 0 Å². The monoisotopic (exact) mass is 305 g/mol. The van der Waals surface area contributed by atoms with Gasteiger partial charge in [0.2, 0.25) is 5.54 Å². The average molecular weight is 305 g/mol. The zero-order chi connectivity index (χ0) is 16.2. The molecular formula is C16H19NO5. The fourth-order valence-corrected chi connectivity index (χ4v) is 2.76. The Morgan fingerprint density at radius 3 is 2.50 bits per heavy atom. The topological polar surface area (TPSA) is 83.9 Å². The number of carbonyl (C=O) groups is 3. The highest BCUT2D eigenvalue weighted by atomic mass is 16.5. The Morgan fingerprint density at radius 2 is 1.91 bits per heavy atom. The molecule has 118 valence electrons. The van der Waals surface area contributed by atoms with E-state index in [0.717, 1.165) is 4.90 Å². The van der Waals surface area contributed by atoms with Crippen LogP contribution in [0.25, 0.3) is 0 Å². The van der Waals surface area contributed by atoms with E-state index in [1.165, 1.54) is 0 Å². The van der Waals surface area contributed by atoms with Gasteiger partial charge in [0.15, 0.2) is 0 Å². The molecule has 1 aromatic rings. The molecule has 0 saturated carbocycles. The first kappa shape index (κ1) is 16.0. The molecule has 1 N–H and O–H groups in total. The molecule has 6 nitrogen and oxygen atoms in total. The number of esters is 1. The number of amides is 1. The highest BCUT2D eigenvalue weighted by Crippen LogP contribution is 2.31. The lowest BCUT2D eigenvalue weighted by atomic mass is 9.85. The van der Waals surface area contributed by atoms with Gasteiger partial charge in [-0.3, -0.25) is 4.79 Å². The van der Waals surface area contributed by atoms with Crippen LogP contribution in [0.15, 0.2) is 30.3 Å². The summed E-state index contributed by atoms with van der Waals surface area (Å²) in [6, 6.07) is 8.38. The van der Waals surface area contributed by atoms with Gasteiger partial charge in [-0.1, -0.05) is 18.2 Å². The van der Waals surface area contributed by atoms with Crippen LogP contribution in [0, 0.1) is 0 Å². The smallest absolute Gasteiger partial charge is 0.343 e. The fourth-order valence-electron chi connectivity index (χ4n) is 2.76. The third-order valence-corrected chi connectivity index (χ3v) is 3.86. The van der Waals surface area contributed by atoms with E-state index in [-0.39, 0.29) is 19.6 Å². The molecule has 0 aromatic heterocycles. The van der Waals surface area contributed by atoms with Gasteiger partial charge >= 0.3 is 11.9 Å². The summed E-state index contributed by atoms with van der Waals surface area (Å²) in [7, 11) is 0. The molecule has 1 heterocycles. The fraction of sp³-hybridized carbons (Fsp3) is 0.438. The molecule has 1 fully saturated rings. The van der Waals surface area contributed by atoms with E-state index >= 15 is 0 Å². The first-order valence-corrected chi connectivity index (χ1v) is 7.31. The number of rotatable bonds is 4. The minimum absolute atomic E-state index is 0.0692.